The number of nitrogens with zero attached hydrogens (tertiary/aromatic N) is 3. The van der Waals surface area contributed by atoms with Gasteiger partial charge >= 0.3 is 0 Å². The number of hydrogen-bond donors (Lipinski definition) is 0. The Morgan fingerprint density at radius 2 is 1.27 bits per heavy atom. The number of rotatable bonds is 4. The third-order valence-electron chi connectivity index (χ3n) is 9.53. The molecule has 0 saturated heterocycles. The third kappa shape index (κ3) is 4.54. The van der Waals surface area contributed by atoms with Crippen molar-refractivity contribution in [1.82, 2.24) is 14.5 Å². The summed E-state index contributed by atoms with van der Waals surface area (Å²) in [6.45, 7) is 0. The minimum absolute atomic E-state index is 0.149. The fourth-order valence-electron chi connectivity index (χ4n) is 7.18. The van der Waals surface area contributed by atoms with Gasteiger partial charge in [0, 0.05) is 45.0 Å². The third-order valence-corrected chi connectivity index (χ3v) is 9.53. The predicted octanol–water partition coefficient (Wildman–Crippen LogP) is 10.7. The van der Waals surface area contributed by atoms with Crippen LogP contribution in [0.15, 0.2) is 164 Å². The number of aromatic nitrogens is 3. The Balaban J connectivity index is 1.18. The van der Waals surface area contributed by atoms with Gasteiger partial charge in [-0.15, -0.1) is 0 Å². The van der Waals surface area contributed by atoms with Crippen molar-refractivity contribution in [3.8, 4) is 51.1 Å². The molecule has 0 spiro atoms. The summed E-state index contributed by atoms with van der Waals surface area (Å²) in [7, 11) is 0. The quantitative estimate of drug-likeness (QED) is 0.194. The highest BCUT2D eigenvalue weighted by Gasteiger charge is 2.31. The van der Waals surface area contributed by atoms with Crippen LogP contribution in [0.3, 0.4) is 0 Å². The van der Waals surface area contributed by atoms with Crippen LogP contribution in [0.2, 0.25) is 0 Å². The lowest BCUT2D eigenvalue weighted by molar-refractivity contribution is 0.149. The number of hydrogen-bond acceptors (Lipinski definition) is 4. The predicted molar refractivity (Wildman–Crippen MR) is 197 cm³/mol. The average Bonchev–Trinajstić information content (AvgIpc) is 3.53. The average molecular weight is 632 g/mol. The minimum Gasteiger partial charge on any atom is -0.476 e. The molecule has 5 heteroatoms. The molecule has 3 heterocycles. The first-order valence-corrected chi connectivity index (χ1v) is 16.6. The van der Waals surface area contributed by atoms with Gasteiger partial charge < -0.3 is 14.0 Å². The highest BCUT2D eigenvalue weighted by Crippen LogP contribution is 2.48. The molecule has 2 aliphatic rings. The first kappa shape index (κ1) is 27.6. The van der Waals surface area contributed by atoms with Gasteiger partial charge in [-0.05, 0) is 41.8 Å². The lowest BCUT2D eigenvalue weighted by atomic mass is 10.0. The molecule has 0 fully saturated rings. The molecular formula is C44H29N3O2. The van der Waals surface area contributed by atoms with Crippen molar-refractivity contribution in [3.63, 3.8) is 0 Å². The second-order valence-corrected chi connectivity index (χ2v) is 12.5. The molecule has 6 aromatic carbocycles. The van der Waals surface area contributed by atoms with Crippen molar-refractivity contribution in [2.75, 3.05) is 0 Å². The summed E-state index contributed by atoms with van der Waals surface area (Å²) in [5.74, 6) is 3.05. The van der Waals surface area contributed by atoms with Crippen LogP contribution in [0, 0.1) is 0 Å². The molecule has 1 unspecified atom stereocenters. The smallest absolute Gasteiger partial charge is 0.187 e. The van der Waals surface area contributed by atoms with E-state index in [1.165, 1.54) is 16.2 Å². The van der Waals surface area contributed by atoms with Gasteiger partial charge in [-0.25, -0.2) is 9.97 Å². The summed E-state index contributed by atoms with van der Waals surface area (Å²) in [5.41, 5.74) is 7.97. The fraction of sp³-hybridized carbons (Fsp3) is 0.0455. The maximum absolute atomic E-state index is 6.77. The summed E-state index contributed by atoms with van der Waals surface area (Å²) in [4.78, 5) is 10.0. The molecule has 10 rings (SSSR count). The molecule has 0 radical (unpaired) electrons. The maximum atomic E-state index is 6.77. The summed E-state index contributed by atoms with van der Waals surface area (Å²) in [6.07, 6.45) is 6.79. The van der Waals surface area contributed by atoms with Crippen LogP contribution >= 0.6 is 0 Å². The van der Waals surface area contributed by atoms with Crippen molar-refractivity contribution in [1.29, 1.82) is 0 Å². The summed E-state index contributed by atoms with van der Waals surface area (Å²) >= 11 is 0. The number of benzene rings is 6. The fourth-order valence-corrected chi connectivity index (χ4v) is 7.18. The van der Waals surface area contributed by atoms with E-state index < -0.39 is 0 Å². The van der Waals surface area contributed by atoms with E-state index in [1.807, 2.05) is 54.6 Å². The molecule has 0 saturated carbocycles. The zero-order valence-corrected chi connectivity index (χ0v) is 26.5. The molecule has 0 bridgehead atoms. The van der Waals surface area contributed by atoms with E-state index in [9.17, 15) is 0 Å². The summed E-state index contributed by atoms with van der Waals surface area (Å²) < 4.78 is 15.6. The van der Waals surface area contributed by atoms with Crippen LogP contribution in [0.1, 0.15) is 6.42 Å². The molecule has 8 aromatic rings. The topological polar surface area (TPSA) is 49.2 Å². The number of fused-ring (bicyclic) bond motifs is 8. The molecule has 5 nitrogen and oxygen atoms in total. The van der Waals surface area contributed by atoms with Crippen LogP contribution in [-0.4, -0.2) is 20.6 Å². The molecule has 0 N–H and O–H groups in total. The Labute approximate surface area is 283 Å². The maximum Gasteiger partial charge on any atom is 0.187 e. The van der Waals surface area contributed by atoms with Gasteiger partial charge in [0.15, 0.2) is 23.4 Å². The van der Waals surface area contributed by atoms with Crippen molar-refractivity contribution in [2.24, 2.45) is 0 Å². The molecule has 232 valence electrons. The highest BCUT2D eigenvalue weighted by molar-refractivity contribution is 6.20. The van der Waals surface area contributed by atoms with Gasteiger partial charge in [-0.3, -0.25) is 0 Å². The first-order valence-electron chi connectivity index (χ1n) is 16.6. The second kappa shape index (κ2) is 11.1. The van der Waals surface area contributed by atoms with E-state index in [4.69, 9.17) is 19.4 Å². The summed E-state index contributed by atoms with van der Waals surface area (Å²) in [6, 6.07) is 48.4. The van der Waals surface area contributed by atoms with Crippen LogP contribution < -0.4 is 9.47 Å². The van der Waals surface area contributed by atoms with Crippen molar-refractivity contribution < 1.29 is 9.47 Å². The van der Waals surface area contributed by atoms with E-state index >= 15 is 0 Å². The first-order chi connectivity index (χ1) is 24.3. The Hall–Kier alpha value is -6.46. The monoisotopic (exact) mass is 631 g/mol. The minimum atomic E-state index is -0.149. The Morgan fingerprint density at radius 1 is 0.592 bits per heavy atom. The van der Waals surface area contributed by atoms with Crippen molar-refractivity contribution in [3.05, 3.63) is 164 Å². The van der Waals surface area contributed by atoms with Gasteiger partial charge in [-0.2, -0.15) is 0 Å². The molecule has 1 aliphatic carbocycles. The zero-order chi connectivity index (χ0) is 32.3. The SMILES string of the molecule is C1=CCC2Oc3c(ccc4c5ccc6ccccc6c5n(-c5ccc(-c6cc(-c7ccccc7)nc(-c7ccccc7)n6)cc5)c34)OC2=C1. The Morgan fingerprint density at radius 3 is 2.06 bits per heavy atom. The van der Waals surface area contributed by atoms with Gasteiger partial charge in [0.1, 0.15) is 11.3 Å². The molecule has 1 atom stereocenters. The van der Waals surface area contributed by atoms with Crippen LogP contribution in [0.5, 0.6) is 11.5 Å². The largest absolute Gasteiger partial charge is 0.476 e. The molecule has 49 heavy (non-hydrogen) atoms. The van der Waals surface area contributed by atoms with Gasteiger partial charge in [0.25, 0.3) is 0 Å². The molecule has 0 amide bonds. The zero-order valence-electron chi connectivity index (χ0n) is 26.5. The molecule has 2 aromatic heterocycles. The van der Waals surface area contributed by atoms with Crippen molar-refractivity contribution >= 4 is 32.6 Å². The molecular weight excluding hydrogens is 603 g/mol. The number of ether oxygens (including phenoxy) is 2. The van der Waals surface area contributed by atoms with E-state index in [1.54, 1.807) is 0 Å². The van der Waals surface area contributed by atoms with Gasteiger partial charge in [0.05, 0.1) is 16.9 Å². The van der Waals surface area contributed by atoms with Crippen molar-refractivity contribution in [2.45, 2.75) is 12.5 Å². The van der Waals surface area contributed by atoms with Crippen LogP contribution in [-0.2, 0) is 0 Å². The highest BCUT2D eigenvalue weighted by atomic mass is 16.6. The van der Waals surface area contributed by atoms with E-state index in [0.29, 0.717) is 5.82 Å². The van der Waals surface area contributed by atoms with Crippen LogP contribution in [0.25, 0.3) is 72.2 Å². The van der Waals surface area contributed by atoms with Gasteiger partial charge in [0.2, 0.25) is 0 Å². The molecule has 1 aliphatic heterocycles. The lowest BCUT2D eigenvalue weighted by Crippen LogP contribution is -2.28. The van der Waals surface area contributed by atoms with Crippen LogP contribution in [0.4, 0.5) is 0 Å². The Bertz CT molecular complexity index is 2560. The Kier molecular flexibility index (Phi) is 6.24. The number of allylic oxidation sites excluding steroid dienone is 2. The van der Waals surface area contributed by atoms with Gasteiger partial charge in [-0.1, -0.05) is 121 Å². The van der Waals surface area contributed by atoms with E-state index in [0.717, 1.165) is 73.9 Å². The summed E-state index contributed by atoms with van der Waals surface area (Å²) in [5, 5.41) is 4.67. The van der Waals surface area contributed by atoms with E-state index in [2.05, 4.69) is 108 Å². The van der Waals surface area contributed by atoms with E-state index in [-0.39, 0.29) is 6.10 Å². The lowest BCUT2D eigenvalue weighted by Gasteiger charge is -2.30. The second-order valence-electron chi connectivity index (χ2n) is 12.5. The normalized spacial score (nSPS) is 15.0. The standard InChI is InChI=1S/C44H29N3O2/c1-3-12-29(13-4-1)36-27-37(46-44(45-36)31-14-5-2-6-15-31)30-19-22-32(23-20-30)47-41-33-16-8-7-11-28(33)21-24-34(41)35-25-26-40-43(42(35)47)49-39-18-10-9-17-38(39)48-40/h1-17,19-27,39H,18H2.